The van der Waals surface area contributed by atoms with Crippen LogP contribution < -0.4 is 25.1 Å². The molecular weight excluding hydrogens is 595 g/mol. The van der Waals surface area contributed by atoms with E-state index < -0.39 is 76.1 Å². The number of nitrogens with one attached hydrogen (secondary N) is 1. The second-order valence-electron chi connectivity index (χ2n) is 9.73. The van der Waals surface area contributed by atoms with Crippen LogP contribution in [0.2, 0.25) is 0 Å². The van der Waals surface area contributed by atoms with E-state index in [1.165, 1.54) is 17.0 Å². The highest BCUT2D eigenvalue weighted by Gasteiger charge is 2.34. The average Bonchev–Trinajstić information content (AvgIpc) is 2.91. The topological polar surface area (TPSA) is 110 Å². The molecular formula is C27H24F7N3O6. The summed E-state index contributed by atoms with van der Waals surface area (Å²) < 4.78 is 103. The number of methoxy groups -OCH3 is 1. The highest BCUT2D eigenvalue weighted by Crippen LogP contribution is 2.40. The number of hydrogen-bond acceptors (Lipinski definition) is 6. The molecule has 0 unspecified atom stereocenters. The minimum absolute atomic E-state index is 0.0586. The summed E-state index contributed by atoms with van der Waals surface area (Å²) in [7, 11) is 1.08. The second-order valence-corrected chi connectivity index (χ2v) is 9.73. The average molecular weight is 619 g/mol. The number of ether oxygens (including phenoxy) is 2. The van der Waals surface area contributed by atoms with Gasteiger partial charge in [-0.05, 0) is 36.6 Å². The van der Waals surface area contributed by atoms with Gasteiger partial charge in [0.2, 0.25) is 5.43 Å². The number of carbonyl (C=O) groups is 2. The number of rotatable bonds is 8. The van der Waals surface area contributed by atoms with Crippen LogP contribution in [0.1, 0.15) is 28.8 Å². The van der Waals surface area contributed by atoms with Crippen molar-refractivity contribution < 1.29 is 54.9 Å². The Hall–Kier alpha value is -4.50. The maximum absolute atomic E-state index is 15.5. The largest absolute Gasteiger partial charge is 0.573 e. The van der Waals surface area contributed by atoms with E-state index in [1.807, 2.05) is 0 Å². The molecule has 2 aromatic carbocycles. The van der Waals surface area contributed by atoms with Crippen LogP contribution in [0.4, 0.5) is 36.4 Å². The zero-order valence-corrected chi connectivity index (χ0v) is 22.3. The molecule has 2 heterocycles. The molecule has 0 atom stereocenters. The third-order valence-electron chi connectivity index (χ3n) is 6.81. The van der Waals surface area contributed by atoms with Crippen molar-refractivity contribution >= 4 is 28.5 Å². The Balaban J connectivity index is 1.71. The van der Waals surface area contributed by atoms with Gasteiger partial charge in [-0.3, -0.25) is 14.4 Å². The van der Waals surface area contributed by atoms with Gasteiger partial charge in [-0.1, -0.05) is 12.1 Å². The Labute approximate surface area is 238 Å². The van der Waals surface area contributed by atoms with Crippen molar-refractivity contribution in [3.05, 3.63) is 63.7 Å². The van der Waals surface area contributed by atoms with Crippen LogP contribution >= 0.6 is 0 Å². The van der Waals surface area contributed by atoms with Crippen LogP contribution in [0.3, 0.4) is 0 Å². The summed E-state index contributed by atoms with van der Waals surface area (Å²) in [5.74, 6) is -4.75. The molecule has 0 saturated carbocycles. The van der Waals surface area contributed by atoms with Gasteiger partial charge in [-0.15, -0.1) is 13.2 Å². The van der Waals surface area contributed by atoms with E-state index in [1.54, 1.807) is 0 Å². The van der Waals surface area contributed by atoms with Gasteiger partial charge in [0.15, 0.2) is 11.6 Å². The van der Waals surface area contributed by atoms with Crippen LogP contribution in [0.15, 0.2) is 41.3 Å². The highest BCUT2D eigenvalue weighted by atomic mass is 19.4. The van der Waals surface area contributed by atoms with E-state index >= 15 is 4.39 Å². The van der Waals surface area contributed by atoms with Crippen LogP contribution in [-0.2, 0) is 17.9 Å². The number of hydrogen-bond donors (Lipinski definition) is 2. The number of carbonyl (C=O) groups excluding carboxylic acids is 1. The molecule has 0 bridgehead atoms. The number of piperidine rings is 1. The van der Waals surface area contributed by atoms with E-state index in [0.717, 1.165) is 19.2 Å². The first kappa shape index (κ1) is 31.4. The van der Waals surface area contributed by atoms with Gasteiger partial charge >= 0.3 is 18.5 Å². The Bertz CT molecular complexity index is 1580. The van der Waals surface area contributed by atoms with E-state index in [9.17, 15) is 45.8 Å². The van der Waals surface area contributed by atoms with Crippen LogP contribution in [0.5, 0.6) is 11.5 Å². The number of nitrogens with zero attached hydrogens (tertiary/aromatic N) is 2. The van der Waals surface area contributed by atoms with Crippen molar-refractivity contribution in [3.63, 3.8) is 0 Å². The predicted octanol–water partition coefficient (Wildman–Crippen LogP) is 4.84. The van der Waals surface area contributed by atoms with Crippen molar-refractivity contribution in [2.45, 2.75) is 38.5 Å². The number of fused-ring (bicyclic) bond motifs is 1. The van der Waals surface area contributed by atoms with E-state index in [-0.39, 0.29) is 43.7 Å². The van der Waals surface area contributed by atoms with Gasteiger partial charge in [0.05, 0.1) is 23.9 Å². The lowest BCUT2D eigenvalue weighted by Gasteiger charge is -2.33. The molecule has 1 aromatic heterocycles. The number of halogens is 7. The summed E-state index contributed by atoms with van der Waals surface area (Å²) in [5, 5.41) is 11.0. The first-order valence-corrected chi connectivity index (χ1v) is 12.7. The van der Waals surface area contributed by atoms with E-state index in [4.69, 9.17) is 4.74 Å². The number of carboxylic acids is 1. The molecule has 1 aliphatic rings. The lowest BCUT2D eigenvalue weighted by Crippen LogP contribution is -2.37. The minimum atomic E-state index is -4.91. The molecule has 43 heavy (non-hydrogen) atoms. The zero-order chi connectivity index (χ0) is 31.7. The zero-order valence-electron chi connectivity index (χ0n) is 22.3. The lowest BCUT2D eigenvalue weighted by atomic mass is 9.96. The number of amides is 1. The Morgan fingerprint density at radius 3 is 2.23 bits per heavy atom. The van der Waals surface area contributed by atoms with Crippen LogP contribution in [0, 0.1) is 11.7 Å². The number of carboxylic acid groups (broad SMARTS) is 1. The summed E-state index contributed by atoms with van der Waals surface area (Å²) >= 11 is 0. The first-order valence-electron chi connectivity index (χ1n) is 12.7. The number of aliphatic carboxylic acids is 1. The van der Waals surface area contributed by atoms with Crippen molar-refractivity contribution in [3.8, 4) is 11.5 Å². The molecule has 9 nitrogen and oxygen atoms in total. The normalized spacial score (nSPS) is 14.6. The standard InChI is InChI=1S/C27H24F7N3O6/c1-42-23-20-17(10-19(28)21(23)36-8-6-15(7-9-36)25(40)41)22(38)18(12-37(20)13-26(29,30)31)24(39)35-11-14-2-4-16(5-3-14)43-27(32,33)34/h2-5,10,12,15H,6-9,11,13H2,1H3,(H,35,39)(H,40,41). The number of benzene rings is 2. The second kappa shape index (κ2) is 12.0. The maximum atomic E-state index is 15.5. The number of aromatic nitrogens is 1. The SMILES string of the molecule is COc1c(N2CCC(C(=O)O)CC2)c(F)cc2c(=O)c(C(=O)NCc3ccc(OC(F)(F)F)cc3)cn(CC(F)(F)F)c12. The molecule has 232 valence electrons. The third kappa shape index (κ3) is 7.29. The van der Waals surface area contributed by atoms with Gasteiger partial charge in [0.1, 0.15) is 23.5 Å². The fourth-order valence-corrected chi connectivity index (χ4v) is 4.89. The summed E-state index contributed by atoms with van der Waals surface area (Å²) in [5.41, 5.74) is -2.22. The maximum Gasteiger partial charge on any atom is 0.573 e. The van der Waals surface area contributed by atoms with Gasteiger partial charge in [0.25, 0.3) is 5.91 Å². The molecule has 1 aliphatic heterocycles. The van der Waals surface area contributed by atoms with Crippen molar-refractivity contribution in [2.75, 3.05) is 25.1 Å². The molecule has 1 saturated heterocycles. The Morgan fingerprint density at radius 1 is 1.07 bits per heavy atom. The predicted molar refractivity (Wildman–Crippen MR) is 138 cm³/mol. The molecule has 1 fully saturated rings. The monoisotopic (exact) mass is 619 g/mol. The number of anilines is 1. The first-order chi connectivity index (χ1) is 20.1. The van der Waals surface area contributed by atoms with Crippen molar-refractivity contribution in [2.24, 2.45) is 5.92 Å². The summed E-state index contributed by atoms with van der Waals surface area (Å²) in [6, 6.07) is 5.08. The van der Waals surface area contributed by atoms with Gasteiger partial charge in [0, 0.05) is 25.8 Å². The summed E-state index contributed by atoms with van der Waals surface area (Å²) in [6.07, 6.45) is -8.79. The molecule has 0 aliphatic carbocycles. The minimum Gasteiger partial charge on any atom is -0.492 e. The highest BCUT2D eigenvalue weighted by molar-refractivity contribution is 5.99. The summed E-state index contributed by atoms with van der Waals surface area (Å²) in [6.45, 7) is -1.87. The molecule has 1 amide bonds. The number of alkyl halides is 6. The molecule has 16 heteroatoms. The third-order valence-corrected chi connectivity index (χ3v) is 6.81. The molecule has 3 aromatic rings. The lowest BCUT2D eigenvalue weighted by molar-refractivity contribution is -0.274. The molecule has 0 radical (unpaired) electrons. The summed E-state index contributed by atoms with van der Waals surface area (Å²) in [4.78, 5) is 39.0. The van der Waals surface area contributed by atoms with Crippen molar-refractivity contribution in [1.29, 1.82) is 0 Å². The molecule has 4 rings (SSSR count). The Kier molecular flexibility index (Phi) is 8.78. The van der Waals surface area contributed by atoms with E-state index in [0.29, 0.717) is 16.8 Å². The fraction of sp³-hybridized carbons (Fsp3) is 0.370. The fourth-order valence-electron chi connectivity index (χ4n) is 4.89. The smallest absolute Gasteiger partial charge is 0.492 e. The van der Waals surface area contributed by atoms with Gasteiger partial charge in [-0.25, -0.2) is 4.39 Å². The molecule has 2 N–H and O–H groups in total. The van der Waals surface area contributed by atoms with Crippen LogP contribution in [0.25, 0.3) is 10.9 Å². The van der Waals surface area contributed by atoms with E-state index in [2.05, 4.69) is 10.1 Å². The van der Waals surface area contributed by atoms with Crippen LogP contribution in [-0.4, -0.2) is 54.3 Å². The quantitative estimate of drug-likeness (QED) is 0.348. The van der Waals surface area contributed by atoms with Gasteiger partial charge < -0.3 is 29.4 Å². The number of pyridine rings is 1. The Morgan fingerprint density at radius 2 is 1.70 bits per heavy atom. The van der Waals surface area contributed by atoms with Gasteiger partial charge in [-0.2, -0.15) is 13.2 Å². The molecule has 0 spiro atoms. The van der Waals surface area contributed by atoms with Crippen molar-refractivity contribution in [1.82, 2.24) is 9.88 Å².